The van der Waals surface area contributed by atoms with E-state index in [0.29, 0.717) is 10.9 Å². The number of ether oxygens (including phenoxy) is 2. The van der Waals surface area contributed by atoms with E-state index >= 15 is 0 Å². The summed E-state index contributed by atoms with van der Waals surface area (Å²) in [6, 6.07) is 15.3. The van der Waals surface area contributed by atoms with Crippen molar-refractivity contribution in [2.45, 2.75) is 17.0 Å². The van der Waals surface area contributed by atoms with Crippen LogP contribution in [0.4, 0.5) is 5.13 Å². The molecular formula is C19H19N3O3S2. The average molecular weight is 402 g/mol. The van der Waals surface area contributed by atoms with Gasteiger partial charge in [-0.1, -0.05) is 47.4 Å². The molecule has 3 aromatic rings. The predicted molar refractivity (Wildman–Crippen MR) is 108 cm³/mol. The summed E-state index contributed by atoms with van der Waals surface area (Å²) in [5.74, 6) is 1.86. The monoisotopic (exact) mass is 401 g/mol. The molecule has 6 nitrogen and oxygen atoms in total. The van der Waals surface area contributed by atoms with Crippen molar-refractivity contribution in [1.29, 1.82) is 0 Å². The second-order valence-electron chi connectivity index (χ2n) is 5.60. The first-order valence-electron chi connectivity index (χ1n) is 8.21. The third-order valence-corrected chi connectivity index (χ3v) is 5.72. The van der Waals surface area contributed by atoms with Crippen LogP contribution >= 0.6 is 23.1 Å². The summed E-state index contributed by atoms with van der Waals surface area (Å²) in [6.07, 6.45) is 0. The maximum absolute atomic E-state index is 12.0. The highest BCUT2D eigenvalue weighted by Crippen LogP contribution is 2.29. The molecule has 0 saturated carbocycles. The van der Waals surface area contributed by atoms with E-state index in [1.165, 1.54) is 22.5 Å². The number of anilines is 1. The van der Waals surface area contributed by atoms with Crippen molar-refractivity contribution in [3.05, 3.63) is 59.7 Å². The van der Waals surface area contributed by atoms with Crippen LogP contribution in [0.1, 0.15) is 11.1 Å². The molecule has 2 aromatic carbocycles. The highest BCUT2D eigenvalue weighted by molar-refractivity contribution is 8.00. The van der Waals surface area contributed by atoms with Crippen molar-refractivity contribution >= 4 is 34.1 Å². The zero-order valence-corrected chi connectivity index (χ0v) is 16.6. The van der Waals surface area contributed by atoms with E-state index in [1.54, 1.807) is 43.1 Å². The Balaban J connectivity index is 1.46. The molecular weight excluding hydrogens is 382 g/mol. The van der Waals surface area contributed by atoms with Gasteiger partial charge in [-0.05, 0) is 42.3 Å². The van der Waals surface area contributed by atoms with E-state index in [2.05, 4.69) is 34.6 Å². The van der Waals surface area contributed by atoms with Crippen LogP contribution < -0.4 is 14.8 Å². The van der Waals surface area contributed by atoms with E-state index in [1.807, 2.05) is 12.1 Å². The SMILES string of the molecule is COc1ccc(OCC(=O)Nc2nnc(SCc3ccccc3C)s2)cc1. The first-order valence-corrected chi connectivity index (χ1v) is 10.0. The van der Waals surface area contributed by atoms with Crippen molar-refractivity contribution in [3.8, 4) is 11.5 Å². The highest BCUT2D eigenvalue weighted by atomic mass is 32.2. The summed E-state index contributed by atoms with van der Waals surface area (Å²) in [5, 5.41) is 11.3. The van der Waals surface area contributed by atoms with Crippen LogP contribution in [0, 0.1) is 6.92 Å². The quantitative estimate of drug-likeness (QED) is 0.451. The van der Waals surface area contributed by atoms with Crippen molar-refractivity contribution in [2.24, 2.45) is 0 Å². The van der Waals surface area contributed by atoms with Gasteiger partial charge in [-0.15, -0.1) is 10.2 Å². The van der Waals surface area contributed by atoms with Gasteiger partial charge in [-0.3, -0.25) is 10.1 Å². The minimum atomic E-state index is -0.280. The van der Waals surface area contributed by atoms with Gasteiger partial charge in [0.25, 0.3) is 5.91 Å². The van der Waals surface area contributed by atoms with Gasteiger partial charge in [-0.25, -0.2) is 0 Å². The van der Waals surface area contributed by atoms with E-state index in [0.717, 1.165) is 15.8 Å². The second kappa shape index (κ2) is 9.38. The van der Waals surface area contributed by atoms with Crippen LogP contribution in [-0.4, -0.2) is 29.8 Å². The molecule has 140 valence electrons. The van der Waals surface area contributed by atoms with Crippen molar-refractivity contribution in [2.75, 3.05) is 19.0 Å². The number of nitrogens with one attached hydrogen (secondary N) is 1. The first-order chi connectivity index (χ1) is 13.1. The van der Waals surface area contributed by atoms with Gasteiger partial charge in [0.2, 0.25) is 5.13 Å². The molecule has 0 aliphatic rings. The number of aromatic nitrogens is 2. The molecule has 0 spiro atoms. The summed E-state index contributed by atoms with van der Waals surface area (Å²) in [4.78, 5) is 12.0. The van der Waals surface area contributed by atoms with Crippen molar-refractivity contribution in [1.82, 2.24) is 10.2 Å². The van der Waals surface area contributed by atoms with E-state index in [-0.39, 0.29) is 12.5 Å². The number of hydrogen-bond donors (Lipinski definition) is 1. The molecule has 0 atom stereocenters. The zero-order chi connectivity index (χ0) is 19.1. The number of thioether (sulfide) groups is 1. The normalized spacial score (nSPS) is 10.4. The minimum Gasteiger partial charge on any atom is -0.497 e. The Morgan fingerprint density at radius 2 is 1.85 bits per heavy atom. The van der Waals surface area contributed by atoms with Gasteiger partial charge in [-0.2, -0.15) is 0 Å². The topological polar surface area (TPSA) is 73.3 Å². The number of aryl methyl sites for hydroxylation is 1. The zero-order valence-electron chi connectivity index (χ0n) is 15.0. The lowest BCUT2D eigenvalue weighted by Crippen LogP contribution is -2.20. The summed E-state index contributed by atoms with van der Waals surface area (Å²) in [7, 11) is 1.60. The largest absolute Gasteiger partial charge is 0.497 e. The summed E-state index contributed by atoms with van der Waals surface area (Å²) in [5.41, 5.74) is 2.51. The van der Waals surface area contributed by atoms with Gasteiger partial charge in [0.05, 0.1) is 7.11 Å². The molecule has 8 heteroatoms. The molecule has 1 N–H and O–H groups in total. The fourth-order valence-corrected chi connectivity index (χ4v) is 4.05. The number of hydrogen-bond acceptors (Lipinski definition) is 7. The van der Waals surface area contributed by atoms with Crippen molar-refractivity contribution in [3.63, 3.8) is 0 Å². The Morgan fingerprint density at radius 1 is 1.11 bits per heavy atom. The molecule has 0 aliphatic carbocycles. The van der Waals surface area contributed by atoms with Crippen LogP contribution in [0.3, 0.4) is 0 Å². The maximum atomic E-state index is 12.0. The second-order valence-corrected chi connectivity index (χ2v) is 7.80. The summed E-state index contributed by atoms with van der Waals surface area (Å²) in [6.45, 7) is 1.99. The Kier molecular flexibility index (Phi) is 6.67. The fraction of sp³-hybridized carbons (Fsp3) is 0.211. The number of amides is 1. The highest BCUT2D eigenvalue weighted by Gasteiger charge is 2.10. The standard InChI is InChI=1S/C19H19N3O3S2/c1-13-5-3-4-6-14(13)12-26-19-22-21-18(27-19)20-17(23)11-25-16-9-7-15(24-2)8-10-16/h3-10H,11-12H2,1-2H3,(H,20,21,23). The number of carbonyl (C=O) groups is 1. The minimum absolute atomic E-state index is 0.0996. The number of methoxy groups -OCH3 is 1. The maximum Gasteiger partial charge on any atom is 0.264 e. The van der Waals surface area contributed by atoms with E-state index in [9.17, 15) is 4.79 Å². The Labute approximate surface area is 165 Å². The fourth-order valence-electron chi connectivity index (χ4n) is 2.21. The molecule has 1 heterocycles. The molecule has 0 aliphatic heterocycles. The number of carbonyl (C=O) groups excluding carboxylic acids is 1. The Hall–Kier alpha value is -2.58. The first kappa shape index (κ1) is 19.2. The molecule has 0 fully saturated rings. The molecule has 1 amide bonds. The van der Waals surface area contributed by atoms with Gasteiger partial charge < -0.3 is 9.47 Å². The van der Waals surface area contributed by atoms with Gasteiger partial charge in [0.1, 0.15) is 11.5 Å². The van der Waals surface area contributed by atoms with E-state index in [4.69, 9.17) is 9.47 Å². The Morgan fingerprint density at radius 3 is 2.59 bits per heavy atom. The smallest absolute Gasteiger partial charge is 0.264 e. The van der Waals surface area contributed by atoms with Crippen LogP contribution in [0.25, 0.3) is 0 Å². The lowest BCUT2D eigenvalue weighted by Gasteiger charge is -2.06. The Bertz CT molecular complexity index is 897. The molecule has 0 bridgehead atoms. The van der Waals surface area contributed by atoms with Gasteiger partial charge in [0.15, 0.2) is 10.9 Å². The van der Waals surface area contributed by atoms with Crippen LogP contribution in [0.15, 0.2) is 52.9 Å². The lowest BCUT2D eigenvalue weighted by molar-refractivity contribution is -0.118. The van der Waals surface area contributed by atoms with Crippen LogP contribution in [-0.2, 0) is 10.5 Å². The lowest BCUT2D eigenvalue weighted by atomic mass is 10.1. The van der Waals surface area contributed by atoms with Crippen LogP contribution in [0.2, 0.25) is 0 Å². The summed E-state index contributed by atoms with van der Waals surface area (Å²) >= 11 is 2.95. The molecule has 27 heavy (non-hydrogen) atoms. The van der Waals surface area contributed by atoms with Crippen LogP contribution in [0.5, 0.6) is 11.5 Å². The molecule has 3 rings (SSSR count). The third kappa shape index (κ3) is 5.70. The molecule has 0 unspecified atom stereocenters. The number of nitrogens with zero attached hydrogens (tertiary/aromatic N) is 2. The number of rotatable bonds is 8. The molecule has 0 radical (unpaired) electrons. The summed E-state index contributed by atoms with van der Waals surface area (Å²) < 4.78 is 11.3. The predicted octanol–water partition coefficient (Wildman–Crippen LogP) is 4.16. The molecule has 1 aromatic heterocycles. The average Bonchev–Trinajstić information content (AvgIpc) is 3.13. The molecule has 0 saturated heterocycles. The number of benzene rings is 2. The third-order valence-electron chi connectivity index (χ3n) is 3.69. The van der Waals surface area contributed by atoms with Gasteiger partial charge >= 0.3 is 0 Å². The van der Waals surface area contributed by atoms with Gasteiger partial charge in [0, 0.05) is 5.75 Å². The van der Waals surface area contributed by atoms with Crippen molar-refractivity contribution < 1.29 is 14.3 Å². The van der Waals surface area contributed by atoms with E-state index < -0.39 is 0 Å².